The number of sulfonamides is 1. The van der Waals surface area contributed by atoms with E-state index in [-0.39, 0.29) is 12.5 Å². The summed E-state index contributed by atoms with van der Waals surface area (Å²) in [6.07, 6.45) is 3.63. The van der Waals surface area contributed by atoms with Crippen molar-refractivity contribution >= 4 is 15.9 Å². The minimum Gasteiger partial charge on any atom is -0.373 e. The molecule has 1 aromatic rings. The van der Waals surface area contributed by atoms with Gasteiger partial charge in [-0.2, -0.15) is 0 Å². The second-order valence-electron chi connectivity index (χ2n) is 5.99. The number of hydrogen-bond donors (Lipinski definition) is 1. The van der Waals surface area contributed by atoms with Gasteiger partial charge in [0.1, 0.15) is 0 Å². The second kappa shape index (κ2) is 6.38. The fourth-order valence-corrected chi connectivity index (χ4v) is 4.82. The first kappa shape index (κ1) is 15.5. The van der Waals surface area contributed by atoms with Crippen LogP contribution in [0, 0.1) is 0 Å². The van der Waals surface area contributed by atoms with Gasteiger partial charge in [-0.15, -0.1) is 0 Å². The number of amides is 1. The molecule has 5 nitrogen and oxygen atoms in total. The number of rotatable bonds is 4. The van der Waals surface area contributed by atoms with Crippen LogP contribution in [-0.4, -0.2) is 26.2 Å². The molecule has 0 aromatic heterocycles. The van der Waals surface area contributed by atoms with Crippen LogP contribution in [0.25, 0.3) is 0 Å². The van der Waals surface area contributed by atoms with Gasteiger partial charge in [0.25, 0.3) is 0 Å². The van der Waals surface area contributed by atoms with Crippen LogP contribution in [0.1, 0.15) is 49.3 Å². The maximum Gasteiger partial charge on any atom is 0.237 e. The third kappa shape index (κ3) is 3.33. The van der Waals surface area contributed by atoms with Crippen molar-refractivity contribution in [3.63, 3.8) is 0 Å². The first-order valence-corrected chi connectivity index (χ1v) is 9.35. The molecule has 0 unspecified atom stereocenters. The third-order valence-corrected chi connectivity index (χ3v) is 6.32. The monoisotopic (exact) mass is 323 g/mol. The van der Waals surface area contributed by atoms with Crippen LogP contribution in [0.5, 0.6) is 0 Å². The van der Waals surface area contributed by atoms with E-state index in [0.717, 1.165) is 24.8 Å². The molecule has 2 aliphatic rings. The molecule has 1 aromatic carbocycles. The molecule has 0 spiro atoms. The highest BCUT2D eigenvalue weighted by Gasteiger charge is 2.31. The number of carbonyl (C=O) groups excluding carboxylic acids is 1. The van der Waals surface area contributed by atoms with Crippen molar-refractivity contribution in [2.24, 2.45) is 0 Å². The number of fused-ring (bicyclic) bond motifs is 1. The Balaban J connectivity index is 1.65. The summed E-state index contributed by atoms with van der Waals surface area (Å²) >= 11 is 0. The van der Waals surface area contributed by atoms with E-state index in [1.807, 2.05) is 24.3 Å². The Morgan fingerprint density at radius 3 is 2.73 bits per heavy atom. The van der Waals surface area contributed by atoms with Gasteiger partial charge in [-0.1, -0.05) is 37.1 Å². The number of ether oxygens (including phenoxy) is 1. The predicted octanol–water partition coefficient (Wildman–Crippen LogP) is 2.08. The molecule has 0 saturated heterocycles. The molecule has 1 fully saturated rings. The summed E-state index contributed by atoms with van der Waals surface area (Å²) < 4.78 is 32.2. The Morgan fingerprint density at radius 2 is 1.95 bits per heavy atom. The third-order valence-electron chi connectivity index (χ3n) is 4.46. The summed E-state index contributed by atoms with van der Waals surface area (Å²) in [5, 5.41) is -0.420. The van der Waals surface area contributed by atoms with Gasteiger partial charge in [0.15, 0.2) is 0 Å². The highest BCUT2D eigenvalue weighted by Crippen LogP contribution is 2.30. The number of hydrogen-bond acceptors (Lipinski definition) is 4. The van der Waals surface area contributed by atoms with Gasteiger partial charge < -0.3 is 4.74 Å². The van der Waals surface area contributed by atoms with Crippen molar-refractivity contribution in [3.05, 3.63) is 35.4 Å². The van der Waals surface area contributed by atoms with Crippen LogP contribution in [0.4, 0.5) is 0 Å². The molecular formula is C16H21NO4S. The predicted molar refractivity (Wildman–Crippen MR) is 82.8 cm³/mol. The topological polar surface area (TPSA) is 72.5 Å². The Morgan fingerprint density at radius 1 is 1.23 bits per heavy atom. The lowest BCUT2D eigenvalue weighted by Gasteiger charge is -2.25. The van der Waals surface area contributed by atoms with Crippen LogP contribution >= 0.6 is 0 Å². The Bertz CT molecular complexity index is 650. The molecule has 0 bridgehead atoms. The summed E-state index contributed by atoms with van der Waals surface area (Å²) in [5.41, 5.74) is 2.16. The molecule has 1 aliphatic carbocycles. The standard InChI is InChI=1S/C16H21NO4S/c18-16(17-22(19,20)13-6-2-3-7-13)11-15-14-8-4-1-5-12(14)9-10-21-15/h1,4-5,8,13,15H,2-3,6-7,9-11H2,(H,17,18)/t15-/m0/s1. The van der Waals surface area contributed by atoms with Crippen molar-refractivity contribution in [1.82, 2.24) is 4.72 Å². The van der Waals surface area contributed by atoms with Crippen molar-refractivity contribution in [3.8, 4) is 0 Å². The normalized spacial score (nSPS) is 22.3. The van der Waals surface area contributed by atoms with Crippen molar-refractivity contribution < 1.29 is 17.9 Å². The molecule has 0 radical (unpaired) electrons. The zero-order valence-corrected chi connectivity index (χ0v) is 13.3. The van der Waals surface area contributed by atoms with Crippen LogP contribution in [-0.2, 0) is 26.0 Å². The van der Waals surface area contributed by atoms with Gasteiger partial charge >= 0.3 is 0 Å². The molecular weight excluding hydrogens is 302 g/mol. The number of benzene rings is 1. The van der Waals surface area contributed by atoms with Crippen molar-refractivity contribution in [1.29, 1.82) is 0 Å². The van der Waals surface area contributed by atoms with E-state index in [4.69, 9.17) is 4.74 Å². The molecule has 1 saturated carbocycles. The van der Waals surface area contributed by atoms with Crippen molar-refractivity contribution in [2.45, 2.75) is 49.9 Å². The SMILES string of the molecule is O=C(C[C@@H]1OCCc2ccccc21)NS(=O)(=O)C1CCCC1. The minimum absolute atomic E-state index is 0.0446. The lowest BCUT2D eigenvalue weighted by Crippen LogP contribution is -2.38. The Hall–Kier alpha value is -1.40. The van der Waals surface area contributed by atoms with E-state index in [0.29, 0.717) is 19.4 Å². The lowest BCUT2D eigenvalue weighted by atomic mass is 9.96. The van der Waals surface area contributed by atoms with Crippen LogP contribution in [0.3, 0.4) is 0 Å². The smallest absolute Gasteiger partial charge is 0.237 e. The summed E-state index contributed by atoms with van der Waals surface area (Å²) in [7, 11) is -3.54. The Kier molecular flexibility index (Phi) is 4.49. The zero-order chi connectivity index (χ0) is 15.6. The molecule has 1 aliphatic heterocycles. The summed E-state index contributed by atoms with van der Waals surface area (Å²) in [4.78, 5) is 12.1. The molecule has 1 amide bonds. The fraction of sp³-hybridized carbons (Fsp3) is 0.562. The second-order valence-corrected chi connectivity index (χ2v) is 7.95. The van der Waals surface area contributed by atoms with Gasteiger partial charge in [0.2, 0.25) is 15.9 Å². The quantitative estimate of drug-likeness (QED) is 0.921. The molecule has 6 heteroatoms. The van der Waals surface area contributed by atoms with Crippen LogP contribution < -0.4 is 4.72 Å². The summed E-state index contributed by atoms with van der Waals surface area (Å²) in [6, 6.07) is 7.84. The maximum atomic E-state index is 12.2. The summed E-state index contributed by atoms with van der Waals surface area (Å²) in [6.45, 7) is 0.560. The number of carbonyl (C=O) groups is 1. The Labute approximate surface area is 131 Å². The molecule has 1 N–H and O–H groups in total. The zero-order valence-electron chi connectivity index (χ0n) is 12.5. The van der Waals surface area contributed by atoms with E-state index < -0.39 is 21.2 Å². The molecule has 22 heavy (non-hydrogen) atoms. The molecule has 1 heterocycles. The minimum atomic E-state index is -3.54. The number of nitrogens with one attached hydrogen (secondary N) is 1. The van der Waals surface area contributed by atoms with E-state index in [1.165, 1.54) is 5.56 Å². The fourth-order valence-electron chi connectivity index (χ4n) is 3.30. The first-order valence-electron chi connectivity index (χ1n) is 7.80. The van der Waals surface area contributed by atoms with Gasteiger partial charge in [-0.3, -0.25) is 9.52 Å². The van der Waals surface area contributed by atoms with Gasteiger partial charge in [-0.25, -0.2) is 8.42 Å². The van der Waals surface area contributed by atoms with Crippen molar-refractivity contribution in [2.75, 3.05) is 6.61 Å². The van der Waals surface area contributed by atoms with Crippen LogP contribution in [0.15, 0.2) is 24.3 Å². The van der Waals surface area contributed by atoms with Gasteiger partial charge in [0, 0.05) is 0 Å². The van der Waals surface area contributed by atoms with Gasteiger partial charge in [-0.05, 0) is 30.4 Å². The van der Waals surface area contributed by atoms with E-state index in [9.17, 15) is 13.2 Å². The van der Waals surface area contributed by atoms with E-state index >= 15 is 0 Å². The average molecular weight is 323 g/mol. The largest absolute Gasteiger partial charge is 0.373 e. The summed E-state index contributed by atoms with van der Waals surface area (Å²) in [5.74, 6) is -0.478. The van der Waals surface area contributed by atoms with E-state index in [1.54, 1.807) is 0 Å². The molecule has 120 valence electrons. The lowest BCUT2D eigenvalue weighted by molar-refractivity contribution is -0.122. The first-order chi connectivity index (χ1) is 10.6. The maximum absolute atomic E-state index is 12.2. The van der Waals surface area contributed by atoms with E-state index in [2.05, 4.69) is 4.72 Å². The highest BCUT2D eigenvalue weighted by atomic mass is 32.2. The molecule has 3 rings (SSSR count). The highest BCUT2D eigenvalue weighted by molar-refractivity contribution is 7.90. The molecule has 1 atom stereocenters. The van der Waals surface area contributed by atoms with Gasteiger partial charge in [0.05, 0.1) is 24.4 Å². The van der Waals surface area contributed by atoms with Crippen LogP contribution in [0.2, 0.25) is 0 Å². The average Bonchev–Trinajstić information content (AvgIpc) is 3.02.